The van der Waals surface area contributed by atoms with Gasteiger partial charge in [0.05, 0.1) is 6.04 Å². The van der Waals surface area contributed by atoms with Gasteiger partial charge in [0.1, 0.15) is 11.8 Å². The Morgan fingerprint density at radius 3 is 2.12 bits per heavy atom. The standard InChI is InChI=1S/C33H38F3N3O4/c1-18-7-25(43-31(42)33(34,35)36)8-19(2)26(18)13-27(37)30(41)39-17-24-6-4-3-5-23(24)12-28(39)29(40)38-32-14-20-9-21(15-32)11-22(10-20)16-32/h3-8,20-22,27-28H,9-17,37H2,1-2H3,(H,38,40). The van der Waals surface area contributed by atoms with E-state index in [-0.39, 0.29) is 36.1 Å². The molecule has 2 amide bonds. The van der Waals surface area contributed by atoms with Gasteiger partial charge in [0.15, 0.2) is 0 Å². The largest absolute Gasteiger partial charge is 0.491 e. The highest BCUT2D eigenvalue weighted by Crippen LogP contribution is 2.55. The second-order valence-electron chi connectivity index (χ2n) is 13.4. The third-order valence-electron chi connectivity index (χ3n) is 10.1. The quantitative estimate of drug-likeness (QED) is 0.372. The summed E-state index contributed by atoms with van der Waals surface area (Å²) in [5.74, 6) is -1.00. The molecule has 4 fully saturated rings. The summed E-state index contributed by atoms with van der Waals surface area (Å²) in [5, 5.41) is 3.45. The van der Waals surface area contributed by atoms with Crippen molar-refractivity contribution >= 4 is 17.8 Å². The molecule has 0 aromatic heterocycles. The van der Waals surface area contributed by atoms with E-state index in [9.17, 15) is 27.6 Å². The topological polar surface area (TPSA) is 102 Å². The first-order valence-electron chi connectivity index (χ1n) is 15.1. The zero-order valence-electron chi connectivity index (χ0n) is 24.5. The fourth-order valence-corrected chi connectivity index (χ4v) is 8.62. The molecular formula is C33H38F3N3O4. The molecule has 230 valence electrons. The van der Waals surface area contributed by atoms with Crippen molar-refractivity contribution in [3.63, 3.8) is 0 Å². The van der Waals surface area contributed by atoms with E-state index in [1.54, 1.807) is 18.7 Å². The van der Waals surface area contributed by atoms with Gasteiger partial charge in [-0.3, -0.25) is 9.59 Å². The van der Waals surface area contributed by atoms with Gasteiger partial charge in [-0.1, -0.05) is 24.3 Å². The Kier molecular flexibility index (Phi) is 7.55. The van der Waals surface area contributed by atoms with Crippen molar-refractivity contribution in [2.45, 2.75) is 95.6 Å². The Bertz CT molecular complexity index is 1400. The molecule has 4 saturated carbocycles. The normalized spacial score (nSPS) is 28.3. The van der Waals surface area contributed by atoms with E-state index in [4.69, 9.17) is 5.73 Å². The van der Waals surface area contributed by atoms with Gasteiger partial charge < -0.3 is 20.7 Å². The predicted molar refractivity (Wildman–Crippen MR) is 153 cm³/mol. The van der Waals surface area contributed by atoms with Gasteiger partial charge >= 0.3 is 12.1 Å². The van der Waals surface area contributed by atoms with E-state index in [0.29, 0.717) is 40.9 Å². The molecule has 43 heavy (non-hydrogen) atoms. The molecule has 2 unspecified atom stereocenters. The van der Waals surface area contributed by atoms with E-state index in [1.807, 2.05) is 24.3 Å². The molecule has 0 radical (unpaired) electrons. The number of carbonyl (C=O) groups excluding carboxylic acids is 3. The molecule has 2 atom stereocenters. The smallest absolute Gasteiger partial charge is 0.420 e. The van der Waals surface area contributed by atoms with Gasteiger partial charge in [0.2, 0.25) is 11.8 Å². The number of nitrogens with zero attached hydrogens (tertiary/aromatic N) is 1. The highest BCUT2D eigenvalue weighted by Gasteiger charge is 2.52. The van der Waals surface area contributed by atoms with Crippen LogP contribution in [-0.2, 0) is 33.8 Å². The number of rotatable bonds is 6. The number of carbonyl (C=O) groups is 3. The first-order chi connectivity index (χ1) is 20.3. The minimum atomic E-state index is -5.11. The minimum absolute atomic E-state index is 0.117. The second kappa shape index (κ2) is 10.9. The van der Waals surface area contributed by atoms with Crippen molar-refractivity contribution in [1.29, 1.82) is 0 Å². The number of aryl methyl sites for hydroxylation is 2. The molecule has 3 N–H and O–H groups in total. The zero-order chi connectivity index (χ0) is 30.7. The lowest BCUT2D eigenvalue weighted by molar-refractivity contribution is -0.189. The molecule has 1 heterocycles. The number of halogens is 3. The third kappa shape index (κ3) is 5.90. The van der Waals surface area contributed by atoms with Crippen LogP contribution in [0, 0.1) is 31.6 Å². The fraction of sp³-hybridized carbons (Fsp3) is 0.545. The van der Waals surface area contributed by atoms with Crippen LogP contribution in [0.2, 0.25) is 0 Å². The summed E-state index contributed by atoms with van der Waals surface area (Å²) in [4.78, 5) is 40.9. The SMILES string of the molecule is Cc1cc(OC(=O)C(F)(F)F)cc(C)c1CC(N)C(=O)N1Cc2ccccc2CC1C(=O)NC12CC3CC(CC(C3)C1)C2. The highest BCUT2D eigenvalue weighted by atomic mass is 19.4. The number of esters is 1. The summed E-state index contributed by atoms with van der Waals surface area (Å²) in [6, 6.07) is 8.82. The predicted octanol–water partition coefficient (Wildman–Crippen LogP) is 4.68. The maximum absolute atomic E-state index is 14.0. The number of nitrogens with one attached hydrogen (secondary N) is 1. The highest BCUT2D eigenvalue weighted by molar-refractivity contribution is 5.91. The molecule has 2 aromatic carbocycles. The van der Waals surface area contributed by atoms with Crippen LogP contribution in [0.1, 0.15) is 66.3 Å². The molecule has 5 aliphatic rings. The average molecular weight is 598 g/mol. The summed E-state index contributed by atoms with van der Waals surface area (Å²) < 4.78 is 42.6. The molecule has 7 nitrogen and oxygen atoms in total. The first-order valence-corrected chi connectivity index (χ1v) is 15.1. The van der Waals surface area contributed by atoms with Crippen molar-refractivity contribution in [2.24, 2.45) is 23.5 Å². The van der Waals surface area contributed by atoms with E-state index < -0.39 is 24.2 Å². The number of alkyl halides is 3. The van der Waals surface area contributed by atoms with E-state index in [1.165, 1.54) is 31.4 Å². The molecule has 4 bridgehead atoms. The van der Waals surface area contributed by atoms with Gasteiger partial charge in [0.25, 0.3) is 0 Å². The van der Waals surface area contributed by atoms with Crippen molar-refractivity contribution < 1.29 is 32.3 Å². The average Bonchev–Trinajstić information content (AvgIpc) is 2.92. The van der Waals surface area contributed by atoms with Crippen LogP contribution >= 0.6 is 0 Å². The Labute approximate surface area is 249 Å². The fourth-order valence-electron chi connectivity index (χ4n) is 8.62. The minimum Gasteiger partial charge on any atom is -0.420 e. The van der Waals surface area contributed by atoms with Crippen LogP contribution in [-0.4, -0.2) is 46.5 Å². The van der Waals surface area contributed by atoms with Crippen LogP contribution < -0.4 is 15.8 Å². The van der Waals surface area contributed by atoms with Gasteiger partial charge in [-0.25, -0.2) is 4.79 Å². The van der Waals surface area contributed by atoms with Gasteiger partial charge in [0, 0.05) is 18.5 Å². The van der Waals surface area contributed by atoms with Crippen LogP contribution in [0.3, 0.4) is 0 Å². The summed E-state index contributed by atoms with van der Waals surface area (Å²) in [7, 11) is 0. The molecule has 4 aliphatic carbocycles. The summed E-state index contributed by atoms with van der Waals surface area (Å²) in [6.07, 6.45) is 2.22. The van der Waals surface area contributed by atoms with Crippen LogP contribution in [0.5, 0.6) is 5.75 Å². The van der Waals surface area contributed by atoms with Gasteiger partial charge in [-0.2, -0.15) is 13.2 Å². The molecule has 2 aromatic rings. The van der Waals surface area contributed by atoms with Crippen LogP contribution in [0.25, 0.3) is 0 Å². The monoisotopic (exact) mass is 597 g/mol. The lowest BCUT2D eigenvalue weighted by atomic mass is 9.53. The molecular weight excluding hydrogens is 559 g/mol. The Balaban J connectivity index is 1.20. The lowest BCUT2D eigenvalue weighted by Crippen LogP contribution is -2.64. The molecule has 10 heteroatoms. The molecule has 7 rings (SSSR count). The second-order valence-corrected chi connectivity index (χ2v) is 13.4. The van der Waals surface area contributed by atoms with Crippen molar-refractivity contribution in [1.82, 2.24) is 10.2 Å². The zero-order valence-corrected chi connectivity index (χ0v) is 24.5. The van der Waals surface area contributed by atoms with Crippen molar-refractivity contribution in [3.8, 4) is 5.75 Å². The number of benzene rings is 2. The van der Waals surface area contributed by atoms with Crippen LogP contribution in [0.4, 0.5) is 13.2 Å². The molecule has 1 aliphatic heterocycles. The molecule has 0 saturated heterocycles. The maximum atomic E-state index is 14.0. The number of fused-ring (bicyclic) bond motifs is 1. The third-order valence-corrected chi connectivity index (χ3v) is 10.1. The number of ether oxygens (including phenoxy) is 1. The van der Waals surface area contributed by atoms with Crippen molar-refractivity contribution in [3.05, 3.63) is 64.2 Å². The first kappa shape index (κ1) is 29.7. The molecule has 0 spiro atoms. The van der Waals surface area contributed by atoms with Gasteiger partial charge in [-0.15, -0.1) is 0 Å². The van der Waals surface area contributed by atoms with E-state index >= 15 is 0 Å². The van der Waals surface area contributed by atoms with E-state index in [0.717, 1.165) is 30.4 Å². The summed E-state index contributed by atoms with van der Waals surface area (Å²) >= 11 is 0. The number of amides is 2. The van der Waals surface area contributed by atoms with Crippen LogP contribution in [0.15, 0.2) is 36.4 Å². The van der Waals surface area contributed by atoms with E-state index in [2.05, 4.69) is 10.1 Å². The summed E-state index contributed by atoms with van der Waals surface area (Å²) in [5.41, 5.74) is 10.1. The van der Waals surface area contributed by atoms with Gasteiger partial charge in [-0.05, 0) is 116 Å². The Morgan fingerprint density at radius 1 is 1.00 bits per heavy atom. The maximum Gasteiger partial charge on any atom is 0.491 e. The Morgan fingerprint density at radius 2 is 1.56 bits per heavy atom. The number of hydrogen-bond acceptors (Lipinski definition) is 5. The number of nitrogens with two attached hydrogens (primary N) is 1. The summed E-state index contributed by atoms with van der Waals surface area (Å²) in [6.45, 7) is 3.61. The number of hydrogen-bond donors (Lipinski definition) is 2. The van der Waals surface area contributed by atoms with Crippen molar-refractivity contribution in [2.75, 3.05) is 0 Å². The lowest BCUT2D eigenvalue weighted by Gasteiger charge is -2.57. The Hall–Kier alpha value is -3.40.